The molecule has 0 unspecified atom stereocenters. The Bertz CT molecular complexity index is 906. The molecule has 0 saturated carbocycles. The summed E-state index contributed by atoms with van der Waals surface area (Å²) < 4.78 is 4.57. The second-order valence-electron chi connectivity index (χ2n) is 9.39. The number of hydrogen-bond donors (Lipinski definition) is 4. The number of carboxylic acids is 1. The summed E-state index contributed by atoms with van der Waals surface area (Å²) in [5.74, 6) is -5.14. The second-order valence-corrected chi connectivity index (χ2v) is 9.39. The van der Waals surface area contributed by atoms with Gasteiger partial charge in [0.1, 0.15) is 6.04 Å². The number of nitrogens with zero attached hydrogens (tertiary/aromatic N) is 1. The molecular weight excluding hydrogens is 446 g/mol. The molecule has 1 rings (SSSR count). The van der Waals surface area contributed by atoms with Gasteiger partial charge in [0, 0.05) is 17.9 Å². The standard InChI is InChI=1S/C23H33N3O8/c1-13(2)11-16(19(28)24-18(21(30)31)23(3,4)5)12-17(27)26(33)25-20(29)14-7-9-15(10-8-14)22(32)34-6/h7-10,13,16,18,33H,11-12H2,1-6H3,(H,24,28)(H,25,29)(H,30,31)/t16-,18-/m1/s1. The minimum absolute atomic E-state index is 0.00322. The van der Waals surface area contributed by atoms with Crippen molar-refractivity contribution in [3.05, 3.63) is 35.4 Å². The molecule has 0 aromatic heterocycles. The third-order valence-corrected chi connectivity index (χ3v) is 4.96. The SMILES string of the molecule is COC(=O)c1ccc(C(=O)NN(O)C(=O)C[C@@H](CC(C)C)C(=O)N[C@H](C(=O)O)C(C)(C)C)cc1. The zero-order valence-electron chi connectivity index (χ0n) is 20.2. The van der Waals surface area contributed by atoms with E-state index in [1.54, 1.807) is 20.8 Å². The number of aliphatic carboxylic acids is 1. The van der Waals surface area contributed by atoms with E-state index in [2.05, 4.69) is 10.1 Å². The van der Waals surface area contributed by atoms with Gasteiger partial charge in [0.25, 0.3) is 11.8 Å². The summed E-state index contributed by atoms with van der Waals surface area (Å²) in [6.07, 6.45) is -0.205. The predicted octanol–water partition coefficient (Wildman–Crippen LogP) is 2.00. The van der Waals surface area contributed by atoms with E-state index in [1.807, 2.05) is 19.3 Å². The van der Waals surface area contributed by atoms with Gasteiger partial charge >= 0.3 is 11.9 Å². The summed E-state index contributed by atoms with van der Waals surface area (Å²) >= 11 is 0. The number of amides is 3. The van der Waals surface area contributed by atoms with Crippen molar-refractivity contribution in [2.75, 3.05) is 7.11 Å². The molecule has 0 aliphatic heterocycles. The van der Waals surface area contributed by atoms with Crippen molar-refractivity contribution in [1.82, 2.24) is 15.9 Å². The lowest BCUT2D eigenvalue weighted by atomic mass is 9.85. The average Bonchev–Trinajstić information content (AvgIpc) is 2.74. The van der Waals surface area contributed by atoms with Crippen molar-refractivity contribution in [1.29, 1.82) is 0 Å². The molecule has 1 aromatic carbocycles. The quantitative estimate of drug-likeness (QED) is 0.237. The molecule has 4 N–H and O–H groups in total. The maximum absolute atomic E-state index is 12.8. The van der Waals surface area contributed by atoms with Gasteiger partial charge in [-0.15, -0.1) is 5.17 Å². The fourth-order valence-corrected chi connectivity index (χ4v) is 3.16. The van der Waals surface area contributed by atoms with Gasteiger partial charge in [-0.25, -0.2) is 15.0 Å². The summed E-state index contributed by atoms with van der Waals surface area (Å²) in [7, 11) is 1.22. The van der Waals surface area contributed by atoms with Crippen LogP contribution in [0.4, 0.5) is 0 Å². The van der Waals surface area contributed by atoms with Crippen LogP contribution in [-0.2, 0) is 19.1 Å². The van der Waals surface area contributed by atoms with Crippen LogP contribution in [0.3, 0.4) is 0 Å². The van der Waals surface area contributed by atoms with Gasteiger partial charge < -0.3 is 15.2 Å². The van der Waals surface area contributed by atoms with E-state index in [4.69, 9.17) is 0 Å². The lowest BCUT2D eigenvalue weighted by molar-refractivity contribution is -0.177. The highest BCUT2D eigenvalue weighted by molar-refractivity contribution is 5.97. The molecule has 188 valence electrons. The van der Waals surface area contributed by atoms with E-state index in [-0.39, 0.29) is 28.6 Å². The maximum atomic E-state index is 12.8. The summed E-state index contributed by atoms with van der Waals surface area (Å²) in [5, 5.41) is 22.0. The topological polar surface area (TPSA) is 162 Å². The van der Waals surface area contributed by atoms with Gasteiger partial charge in [-0.1, -0.05) is 34.6 Å². The number of rotatable bonds is 9. The average molecular weight is 480 g/mol. The van der Waals surface area contributed by atoms with Crippen LogP contribution in [0.2, 0.25) is 0 Å². The molecule has 0 spiro atoms. The highest BCUT2D eigenvalue weighted by Crippen LogP contribution is 2.22. The number of benzene rings is 1. The number of ether oxygens (including phenoxy) is 1. The molecule has 0 aliphatic carbocycles. The van der Waals surface area contributed by atoms with Crippen LogP contribution < -0.4 is 10.7 Å². The molecule has 1 aromatic rings. The van der Waals surface area contributed by atoms with Gasteiger partial charge in [0.2, 0.25) is 5.91 Å². The summed E-state index contributed by atoms with van der Waals surface area (Å²) in [4.78, 5) is 60.7. The monoisotopic (exact) mass is 479 g/mol. The third kappa shape index (κ3) is 8.47. The number of carboxylic acid groups (broad SMARTS) is 1. The van der Waals surface area contributed by atoms with Crippen LogP contribution in [0.25, 0.3) is 0 Å². The van der Waals surface area contributed by atoms with E-state index in [1.165, 1.54) is 31.4 Å². The van der Waals surface area contributed by atoms with E-state index in [9.17, 15) is 34.3 Å². The Hall–Kier alpha value is -3.47. The van der Waals surface area contributed by atoms with Crippen molar-refractivity contribution in [2.45, 2.75) is 53.5 Å². The van der Waals surface area contributed by atoms with Crippen LogP contribution >= 0.6 is 0 Å². The largest absolute Gasteiger partial charge is 0.480 e. The minimum Gasteiger partial charge on any atom is -0.480 e. The van der Waals surface area contributed by atoms with E-state index >= 15 is 0 Å². The van der Waals surface area contributed by atoms with Gasteiger partial charge in [0.05, 0.1) is 12.7 Å². The molecular formula is C23H33N3O8. The smallest absolute Gasteiger partial charge is 0.337 e. The number of esters is 1. The van der Waals surface area contributed by atoms with Gasteiger partial charge in [-0.2, -0.15) is 0 Å². The number of hydrogen-bond acceptors (Lipinski definition) is 7. The molecule has 0 heterocycles. The number of hydroxylamine groups is 1. The number of nitrogens with one attached hydrogen (secondary N) is 2. The van der Waals surface area contributed by atoms with Crippen molar-refractivity contribution < 1.29 is 39.0 Å². The first-order chi connectivity index (χ1) is 15.7. The van der Waals surface area contributed by atoms with Gasteiger partial charge in [0.15, 0.2) is 0 Å². The third-order valence-electron chi connectivity index (χ3n) is 4.96. The van der Waals surface area contributed by atoms with Crippen LogP contribution in [0, 0.1) is 17.3 Å². The zero-order valence-corrected chi connectivity index (χ0v) is 20.2. The first kappa shape index (κ1) is 28.6. The first-order valence-electron chi connectivity index (χ1n) is 10.7. The molecule has 11 nitrogen and oxygen atoms in total. The van der Waals surface area contributed by atoms with Crippen molar-refractivity contribution in [3.63, 3.8) is 0 Å². The summed E-state index contributed by atoms with van der Waals surface area (Å²) in [6, 6.07) is 4.14. The predicted molar refractivity (Wildman–Crippen MR) is 120 cm³/mol. The Morgan fingerprint density at radius 3 is 2.00 bits per heavy atom. The second kappa shape index (κ2) is 12.1. The Labute approximate surface area is 198 Å². The van der Waals surface area contributed by atoms with Gasteiger partial charge in [-0.3, -0.25) is 19.6 Å². The highest BCUT2D eigenvalue weighted by atomic mass is 16.6. The molecule has 0 aliphatic rings. The fourth-order valence-electron chi connectivity index (χ4n) is 3.16. The van der Waals surface area contributed by atoms with E-state index in [0.29, 0.717) is 0 Å². The molecule has 0 bridgehead atoms. The Morgan fingerprint density at radius 2 is 1.56 bits per heavy atom. The van der Waals surface area contributed by atoms with E-state index < -0.39 is 53.5 Å². The molecule has 0 fully saturated rings. The molecule has 0 saturated heterocycles. The minimum atomic E-state index is -1.20. The molecule has 34 heavy (non-hydrogen) atoms. The number of hydrazine groups is 1. The zero-order chi connectivity index (χ0) is 26.2. The number of methoxy groups -OCH3 is 1. The first-order valence-corrected chi connectivity index (χ1v) is 10.7. The highest BCUT2D eigenvalue weighted by Gasteiger charge is 2.35. The van der Waals surface area contributed by atoms with Crippen molar-refractivity contribution in [2.24, 2.45) is 17.3 Å². The Kier molecular flexibility index (Phi) is 10.2. The van der Waals surface area contributed by atoms with Crippen molar-refractivity contribution in [3.8, 4) is 0 Å². The van der Waals surface area contributed by atoms with Crippen molar-refractivity contribution >= 4 is 29.7 Å². The van der Waals surface area contributed by atoms with Crippen LogP contribution in [0.1, 0.15) is 68.2 Å². The Morgan fingerprint density at radius 1 is 1.03 bits per heavy atom. The summed E-state index contributed by atoms with van der Waals surface area (Å²) in [6.45, 7) is 8.66. The fraction of sp³-hybridized carbons (Fsp3) is 0.522. The molecule has 3 amide bonds. The van der Waals surface area contributed by atoms with E-state index in [0.717, 1.165) is 0 Å². The molecule has 11 heteroatoms. The Balaban J connectivity index is 2.87. The maximum Gasteiger partial charge on any atom is 0.337 e. The van der Waals surface area contributed by atoms with Crippen LogP contribution in [-0.4, -0.2) is 58.3 Å². The van der Waals surface area contributed by atoms with Crippen LogP contribution in [0.15, 0.2) is 24.3 Å². The van der Waals surface area contributed by atoms with Crippen LogP contribution in [0.5, 0.6) is 0 Å². The lowest BCUT2D eigenvalue weighted by Gasteiger charge is -2.30. The lowest BCUT2D eigenvalue weighted by Crippen LogP contribution is -2.52. The summed E-state index contributed by atoms with van der Waals surface area (Å²) in [5.41, 5.74) is 1.51. The number of carbonyl (C=O) groups excluding carboxylic acids is 4. The van der Waals surface area contributed by atoms with Gasteiger partial charge in [-0.05, 0) is 42.0 Å². The molecule has 0 radical (unpaired) electrons. The molecule has 2 atom stereocenters. The normalized spacial score (nSPS) is 12.9. The number of carbonyl (C=O) groups is 5.